The molecule has 0 aliphatic carbocycles. The highest BCUT2D eigenvalue weighted by molar-refractivity contribution is 9.10. The van der Waals surface area contributed by atoms with E-state index in [-0.39, 0.29) is 0 Å². The van der Waals surface area contributed by atoms with Gasteiger partial charge >= 0.3 is 0 Å². The summed E-state index contributed by atoms with van der Waals surface area (Å²) in [5.74, 6) is -1.05. The Bertz CT molecular complexity index is 287. The molecule has 0 spiro atoms. The third-order valence-electron chi connectivity index (χ3n) is 2.11. The zero-order valence-electron chi connectivity index (χ0n) is 7.62. The Labute approximate surface area is 89.9 Å². The molecule has 4 heteroatoms. The molecule has 0 saturated heterocycles. The van der Waals surface area contributed by atoms with Gasteiger partial charge in [0.25, 0.3) is 0 Å². The van der Waals surface area contributed by atoms with Crippen molar-refractivity contribution in [3.05, 3.63) is 34.3 Å². The van der Waals surface area contributed by atoms with Crippen molar-refractivity contribution in [2.75, 3.05) is 0 Å². The number of rotatable bonds is 3. The minimum atomic E-state index is -2.51. The third-order valence-corrected chi connectivity index (χ3v) is 2.64. The van der Waals surface area contributed by atoms with Crippen LogP contribution < -0.4 is 0 Å². The molecule has 0 amide bonds. The monoisotopic (exact) mass is 264 g/mol. The molecule has 1 rings (SSSR count). The van der Waals surface area contributed by atoms with E-state index in [0.717, 1.165) is 4.47 Å². The summed E-state index contributed by atoms with van der Waals surface area (Å²) in [4.78, 5) is 0. The van der Waals surface area contributed by atoms with E-state index in [2.05, 4.69) is 15.9 Å². The van der Waals surface area contributed by atoms with Crippen LogP contribution in [0.25, 0.3) is 0 Å². The first-order valence-corrected chi connectivity index (χ1v) is 5.03. The van der Waals surface area contributed by atoms with Crippen LogP contribution in [0, 0.1) is 5.92 Å². The molecule has 1 aromatic rings. The summed E-state index contributed by atoms with van der Waals surface area (Å²) in [5, 5.41) is 9.56. The number of aliphatic hydroxyl groups is 1. The zero-order valence-corrected chi connectivity index (χ0v) is 9.21. The molecule has 0 saturated carbocycles. The van der Waals surface area contributed by atoms with E-state index in [0.29, 0.717) is 5.56 Å². The van der Waals surface area contributed by atoms with Gasteiger partial charge < -0.3 is 5.11 Å². The molecule has 0 aliphatic rings. The smallest absolute Gasteiger partial charge is 0.243 e. The molecular weight excluding hydrogens is 254 g/mol. The van der Waals surface area contributed by atoms with Gasteiger partial charge in [-0.1, -0.05) is 35.0 Å². The average molecular weight is 265 g/mol. The van der Waals surface area contributed by atoms with Gasteiger partial charge in [-0.15, -0.1) is 0 Å². The van der Waals surface area contributed by atoms with Crippen LogP contribution in [0.3, 0.4) is 0 Å². The van der Waals surface area contributed by atoms with E-state index < -0.39 is 18.4 Å². The lowest BCUT2D eigenvalue weighted by molar-refractivity contribution is 0.000629. The quantitative estimate of drug-likeness (QED) is 0.888. The summed E-state index contributed by atoms with van der Waals surface area (Å²) in [6, 6.07) is 6.70. The maximum Gasteiger partial charge on any atom is 0.243 e. The van der Waals surface area contributed by atoms with E-state index >= 15 is 0 Å². The Hall–Kier alpha value is -0.480. The predicted octanol–water partition coefficient (Wildman–Crippen LogP) is 3.38. The highest BCUT2D eigenvalue weighted by atomic mass is 79.9. The van der Waals surface area contributed by atoms with Crippen molar-refractivity contribution in [1.29, 1.82) is 0 Å². The van der Waals surface area contributed by atoms with Crippen LogP contribution in [0.4, 0.5) is 8.78 Å². The Kier molecular flexibility index (Phi) is 4.01. The van der Waals surface area contributed by atoms with E-state index in [1.807, 2.05) is 0 Å². The summed E-state index contributed by atoms with van der Waals surface area (Å²) in [6.45, 7) is 1.33. The number of hydrogen-bond acceptors (Lipinski definition) is 1. The second-order valence-corrected chi connectivity index (χ2v) is 4.11. The molecule has 0 fully saturated rings. The Morgan fingerprint density at radius 2 is 1.71 bits per heavy atom. The SMILES string of the molecule is CC(C(F)F)C(O)c1ccc(Br)cc1. The van der Waals surface area contributed by atoms with Crippen molar-refractivity contribution in [1.82, 2.24) is 0 Å². The van der Waals surface area contributed by atoms with E-state index in [1.165, 1.54) is 6.92 Å². The molecule has 1 nitrogen and oxygen atoms in total. The summed E-state index contributed by atoms with van der Waals surface area (Å²) in [5.41, 5.74) is 0.515. The summed E-state index contributed by atoms with van der Waals surface area (Å²) in [7, 11) is 0. The van der Waals surface area contributed by atoms with Crippen molar-refractivity contribution in [2.45, 2.75) is 19.5 Å². The molecule has 0 aromatic heterocycles. The minimum Gasteiger partial charge on any atom is -0.388 e. The largest absolute Gasteiger partial charge is 0.388 e. The first-order chi connectivity index (χ1) is 6.52. The fourth-order valence-corrected chi connectivity index (χ4v) is 1.37. The highest BCUT2D eigenvalue weighted by Gasteiger charge is 2.24. The number of alkyl halides is 2. The molecule has 1 aromatic carbocycles. The second-order valence-electron chi connectivity index (χ2n) is 3.19. The lowest BCUT2D eigenvalue weighted by atomic mass is 9.98. The van der Waals surface area contributed by atoms with Gasteiger partial charge in [0, 0.05) is 10.4 Å². The van der Waals surface area contributed by atoms with Gasteiger partial charge in [-0.3, -0.25) is 0 Å². The topological polar surface area (TPSA) is 20.2 Å². The van der Waals surface area contributed by atoms with Crippen molar-refractivity contribution in [2.24, 2.45) is 5.92 Å². The zero-order chi connectivity index (χ0) is 10.7. The Morgan fingerprint density at radius 3 is 2.14 bits per heavy atom. The van der Waals surface area contributed by atoms with Crippen LogP contribution in [0.5, 0.6) is 0 Å². The molecule has 0 heterocycles. The lowest BCUT2D eigenvalue weighted by Gasteiger charge is -2.18. The highest BCUT2D eigenvalue weighted by Crippen LogP contribution is 2.27. The van der Waals surface area contributed by atoms with Crippen molar-refractivity contribution in [3.8, 4) is 0 Å². The van der Waals surface area contributed by atoms with Crippen LogP contribution in [0.2, 0.25) is 0 Å². The fraction of sp³-hybridized carbons (Fsp3) is 0.400. The van der Waals surface area contributed by atoms with Gasteiger partial charge in [0.2, 0.25) is 6.43 Å². The van der Waals surface area contributed by atoms with E-state index in [4.69, 9.17) is 0 Å². The number of aliphatic hydroxyl groups excluding tert-OH is 1. The van der Waals surface area contributed by atoms with E-state index in [9.17, 15) is 13.9 Å². The Balaban J connectivity index is 2.78. The predicted molar refractivity (Wildman–Crippen MR) is 54.3 cm³/mol. The summed E-state index contributed by atoms with van der Waals surface area (Å²) in [6.07, 6.45) is -3.61. The van der Waals surface area contributed by atoms with Gasteiger partial charge in [-0.05, 0) is 17.7 Å². The van der Waals surface area contributed by atoms with Gasteiger partial charge in [0.1, 0.15) is 0 Å². The maximum atomic E-state index is 12.3. The van der Waals surface area contributed by atoms with E-state index in [1.54, 1.807) is 24.3 Å². The van der Waals surface area contributed by atoms with Crippen molar-refractivity contribution >= 4 is 15.9 Å². The Morgan fingerprint density at radius 1 is 1.21 bits per heavy atom. The number of hydrogen-bond donors (Lipinski definition) is 1. The minimum absolute atomic E-state index is 0.515. The van der Waals surface area contributed by atoms with Crippen molar-refractivity contribution < 1.29 is 13.9 Å². The third kappa shape index (κ3) is 2.75. The van der Waals surface area contributed by atoms with Crippen LogP contribution in [-0.2, 0) is 0 Å². The first kappa shape index (κ1) is 11.6. The number of benzene rings is 1. The molecule has 0 bridgehead atoms. The molecule has 0 radical (unpaired) electrons. The van der Waals surface area contributed by atoms with Crippen LogP contribution in [-0.4, -0.2) is 11.5 Å². The second kappa shape index (κ2) is 4.84. The standard InChI is InChI=1S/C10H11BrF2O/c1-6(10(12)13)9(14)7-2-4-8(11)5-3-7/h2-6,9-10,14H,1H3. The van der Waals surface area contributed by atoms with Gasteiger partial charge in [0.15, 0.2) is 0 Å². The van der Waals surface area contributed by atoms with Crippen molar-refractivity contribution in [3.63, 3.8) is 0 Å². The van der Waals surface area contributed by atoms with Gasteiger partial charge in [-0.25, -0.2) is 8.78 Å². The summed E-state index contributed by atoms with van der Waals surface area (Å²) >= 11 is 3.23. The fourth-order valence-electron chi connectivity index (χ4n) is 1.10. The van der Waals surface area contributed by atoms with Crippen LogP contribution in [0.1, 0.15) is 18.6 Å². The molecule has 0 aliphatic heterocycles. The lowest BCUT2D eigenvalue weighted by Crippen LogP contribution is -2.16. The van der Waals surface area contributed by atoms with Crippen LogP contribution in [0.15, 0.2) is 28.7 Å². The molecule has 2 atom stereocenters. The average Bonchev–Trinajstić information content (AvgIpc) is 2.16. The summed E-state index contributed by atoms with van der Waals surface area (Å²) < 4.78 is 25.4. The maximum absolute atomic E-state index is 12.3. The molecule has 2 unspecified atom stereocenters. The van der Waals surface area contributed by atoms with Crippen LogP contribution >= 0.6 is 15.9 Å². The first-order valence-electron chi connectivity index (χ1n) is 4.24. The number of halogens is 3. The molecular formula is C10H11BrF2O. The normalized spacial score (nSPS) is 15.6. The molecule has 78 valence electrons. The van der Waals surface area contributed by atoms with Gasteiger partial charge in [-0.2, -0.15) is 0 Å². The van der Waals surface area contributed by atoms with Gasteiger partial charge in [0.05, 0.1) is 6.10 Å². The molecule has 14 heavy (non-hydrogen) atoms. The molecule has 1 N–H and O–H groups in total.